The SMILES string of the molecule is C[C@]1(CC(=O)O)C[C@H](c2cccc(Cl)c2)[C@@H](c2ccc(Cl)cc2)N(CCCc2ccncc2)C1=O. The fourth-order valence-electron chi connectivity index (χ4n) is 5.21. The molecular formula is C28H28Cl2N2O3. The number of halogens is 2. The average Bonchev–Trinajstić information content (AvgIpc) is 2.83. The molecule has 2 aromatic carbocycles. The number of piperidine rings is 1. The largest absolute Gasteiger partial charge is 0.481 e. The number of aliphatic carboxylic acids is 1. The highest BCUT2D eigenvalue weighted by Gasteiger charge is 2.50. The Morgan fingerprint density at radius 3 is 2.43 bits per heavy atom. The third-order valence-corrected chi connectivity index (χ3v) is 7.30. The maximum absolute atomic E-state index is 13.9. The molecule has 0 bridgehead atoms. The van der Waals surface area contributed by atoms with Crippen LogP contribution in [0.1, 0.15) is 54.8 Å². The zero-order valence-electron chi connectivity index (χ0n) is 19.5. The molecule has 1 aliphatic rings. The van der Waals surface area contributed by atoms with E-state index in [9.17, 15) is 14.7 Å². The fraction of sp³-hybridized carbons (Fsp3) is 0.321. The van der Waals surface area contributed by atoms with Crippen molar-refractivity contribution in [1.29, 1.82) is 0 Å². The predicted octanol–water partition coefficient (Wildman–Crippen LogP) is 6.56. The Balaban J connectivity index is 1.75. The molecule has 0 saturated carbocycles. The molecule has 5 nitrogen and oxygen atoms in total. The van der Waals surface area contributed by atoms with E-state index < -0.39 is 11.4 Å². The van der Waals surface area contributed by atoms with Gasteiger partial charge in [-0.3, -0.25) is 14.6 Å². The summed E-state index contributed by atoms with van der Waals surface area (Å²) in [6.07, 6.45) is 5.24. The summed E-state index contributed by atoms with van der Waals surface area (Å²) in [5.74, 6) is -1.24. The first-order valence-corrected chi connectivity index (χ1v) is 12.5. The molecule has 1 N–H and O–H groups in total. The van der Waals surface area contributed by atoms with E-state index in [1.807, 2.05) is 65.6 Å². The van der Waals surface area contributed by atoms with E-state index in [-0.39, 0.29) is 24.3 Å². The number of nitrogens with zero attached hydrogens (tertiary/aromatic N) is 2. The van der Waals surface area contributed by atoms with Gasteiger partial charge in [-0.25, -0.2) is 0 Å². The van der Waals surface area contributed by atoms with Gasteiger partial charge in [0.15, 0.2) is 0 Å². The lowest BCUT2D eigenvalue weighted by molar-refractivity contribution is -0.157. The van der Waals surface area contributed by atoms with Gasteiger partial charge in [-0.2, -0.15) is 0 Å². The molecule has 35 heavy (non-hydrogen) atoms. The van der Waals surface area contributed by atoms with Gasteiger partial charge in [0.05, 0.1) is 17.9 Å². The number of benzene rings is 2. The van der Waals surface area contributed by atoms with Crippen molar-refractivity contribution in [3.05, 3.63) is 99.8 Å². The number of pyridine rings is 1. The second-order valence-corrected chi connectivity index (χ2v) is 10.3. The zero-order chi connectivity index (χ0) is 25.0. The van der Waals surface area contributed by atoms with E-state index in [4.69, 9.17) is 23.2 Å². The quantitative estimate of drug-likeness (QED) is 0.372. The van der Waals surface area contributed by atoms with Crippen molar-refractivity contribution < 1.29 is 14.7 Å². The maximum atomic E-state index is 13.9. The van der Waals surface area contributed by atoms with E-state index in [2.05, 4.69) is 4.98 Å². The number of rotatable bonds is 8. The molecule has 3 aromatic rings. The van der Waals surface area contributed by atoms with Crippen molar-refractivity contribution in [3.8, 4) is 0 Å². The fourth-order valence-corrected chi connectivity index (χ4v) is 5.53. The Bertz CT molecular complexity index is 1190. The molecule has 182 valence electrons. The van der Waals surface area contributed by atoms with Crippen molar-refractivity contribution in [3.63, 3.8) is 0 Å². The molecule has 2 heterocycles. The number of hydrogen-bond donors (Lipinski definition) is 1. The average molecular weight is 511 g/mol. The van der Waals surface area contributed by atoms with Gasteiger partial charge < -0.3 is 10.0 Å². The monoisotopic (exact) mass is 510 g/mol. The molecule has 0 radical (unpaired) electrons. The van der Waals surface area contributed by atoms with Crippen molar-refractivity contribution >= 4 is 35.1 Å². The summed E-state index contributed by atoms with van der Waals surface area (Å²) >= 11 is 12.5. The number of carbonyl (C=O) groups is 2. The predicted molar refractivity (Wildman–Crippen MR) is 138 cm³/mol. The number of carboxylic acids is 1. The Kier molecular flexibility index (Phi) is 7.78. The van der Waals surface area contributed by atoms with Crippen molar-refractivity contribution in [1.82, 2.24) is 9.88 Å². The maximum Gasteiger partial charge on any atom is 0.304 e. The smallest absolute Gasteiger partial charge is 0.304 e. The molecule has 1 aliphatic heterocycles. The molecule has 1 amide bonds. The van der Waals surface area contributed by atoms with E-state index in [0.717, 1.165) is 29.5 Å². The number of hydrogen-bond acceptors (Lipinski definition) is 3. The lowest BCUT2D eigenvalue weighted by Crippen LogP contribution is -2.52. The topological polar surface area (TPSA) is 70.5 Å². The van der Waals surface area contributed by atoms with Crippen molar-refractivity contribution in [2.24, 2.45) is 5.41 Å². The van der Waals surface area contributed by atoms with Crippen LogP contribution in [0.4, 0.5) is 0 Å². The van der Waals surface area contributed by atoms with Crippen molar-refractivity contribution in [2.75, 3.05) is 6.54 Å². The Morgan fingerprint density at radius 1 is 1.06 bits per heavy atom. The lowest BCUT2D eigenvalue weighted by atomic mass is 9.67. The molecule has 0 spiro atoms. The van der Waals surface area contributed by atoms with Gasteiger partial charge in [-0.05, 0) is 72.4 Å². The molecule has 3 atom stereocenters. The molecule has 4 rings (SSSR count). The van der Waals surface area contributed by atoms with Crippen LogP contribution in [0.25, 0.3) is 0 Å². The summed E-state index contributed by atoms with van der Waals surface area (Å²) in [4.78, 5) is 31.7. The van der Waals surface area contributed by atoms with E-state index in [0.29, 0.717) is 23.0 Å². The molecular weight excluding hydrogens is 483 g/mol. The molecule has 1 aromatic heterocycles. The van der Waals surface area contributed by atoms with Crippen LogP contribution in [-0.4, -0.2) is 33.4 Å². The highest BCUT2D eigenvalue weighted by Crippen LogP contribution is 2.51. The lowest BCUT2D eigenvalue weighted by Gasteiger charge is -2.49. The number of aryl methyl sites for hydroxylation is 1. The minimum atomic E-state index is -1.03. The molecule has 0 unspecified atom stereocenters. The standard InChI is InChI=1S/C28H28Cl2N2O3/c1-28(18-25(33)34)17-24(21-5-2-6-23(30)16-21)26(20-7-9-22(29)10-8-20)32(27(28)35)15-3-4-19-11-13-31-14-12-19/h2,5-14,16,24,26H,3-4,15,17-18H2,1H3,(H,33,34)/t24-,26-,28-/m1/s1. The van der Waals surface area contributed by atoms with Crippen LogP contribution in [0.3, 0.4) is 0 Å². The van der Waals surface area contributed by atoms with Crippen LogP contribution >= 0.6 is 23.2 Å². The summed E-state index contributed by atoms with van der Waals surface area (Å²) in [7, 11) is 0. The number of aromatic nitrogens is 1. The second-order valence-electron chi connectivity index (χ2n) is 9.45. The highest BCUT2D eigenvalue weighted by molar-refractivity contribution is 6.30. The number of carboxylic acid groups (broad SMARTS) is 1. The van der Waals surface area contributed by atoms with Crippen LogP contribution in [0.15, 0.2) is 73.1 Å². The number of likely N-dealkylation sites (tertiary alicyclic amines) is 1. The molecule has 0 aliphatic carbocycles. The van der Waals surface area contributed by atoms with Crippen LogP contribution in [-0.2, 0) is 16.0 Å². The van der Waals surface area contributed by atoms with E-state index in [1.165, 1.54) is 0 Å². The third kappa shape index (κ3) is 5.85. The van der Waals surface area contributed by atoms with Gasteiger partial charge in [-0.1, -0.05) is 54.4 Å². The van der Waals surface area contributed by atoms with E-state index >= 15 is 0 Å². The third-order valence-electron chi connectivity index (χ3n) is 6.81. The first-order chi connectivity index (χ1) is 16.8. The van der Waals surface area contributed by atoms with Crippen LogP contribution in [0.2, 0.25) is 10.0 Å². The number of carbonyl (C=O) groups excluding carboxylic acids is 1. The van der Waals surface area contributed by atoms with Crippen LogP contribution < -0.4 is 0 Å². The molecule has 1 fully saturated rings. The van der Waals surface area contributed by atoms with Gasteiger partial charge in [0.1, 0.15) is 0 Å². The Hall–Kier alpha value is -2.89. The Labute approximate surface area is 215 Å². The molecule has 1 saturated heterocycles. The number of amides is 1. The summed E-state index contributed by atoms with van der Waals surface area (Å²) in [5.41, 5.74) is 2.07. The minimum absolute atomic E-state index is 0.127. The van der Waals surface area contributed by atoms with E-state index in [1.54, 1.807) is 19.3 Å². The normalized spacial score (nSPS) is 22.3. The highest BCUT2D eigenvalue weighted by atomic mass is 35.5. The Morgan fingerprint density at radius 2 is 1.77 bits per heavy atom. The van der Waals surface area contributed by atoms with Gasteiger partial charge >= 0.3 is 5.97 Å². The summed E-state index contributed by atoms with van der Waals surface area (Å²) < 4.78 is 0. The van der Waals surface area contributed by atoms with Crippen LogP contribution in [0, 0.1) is 5.41 Å². The first kappa shape index (κ1) is 25.2. The minimum Gasteiger partial charge on any atom is -0.481 e. The first-order valence-electron chi connectivity index (χ1n) is 11.7. The summed E-state index contributed by atoms with van der Waals surface area (Å²) in [6.45, 7) is 2.27. The summed E-state index contributed by atoms with van der Waals surface area (Å²) in [5, 5.41) is 10.9. The van der Waals surface area contributed by atoms with Gasteiger partial charge in [-0.15, -0.1) is 0 Å². The van der Waals surface area contributed by atoms with Crippen LogP contribution in [0.5, 0.6) is 0 Å². The second kappa shape index (κ2) is 10.8. The zero-order valence-corrected chi connectivity index (χ0v) is 21.0. The molecule has 7 heteroatoms. The van der Waals surface area contributed by atoms with Crippen molar-refractivity contribution in [2.45, 2.75) is 44.6 Å². The van der Waals surface area contributed by atoms with Gasteiger partial charge in [0, 0.05) is 34.9 Å². The van der Waals surface area contributed by atoms with Gasteiger partial charge in [0.25, 0.3) is 0 Å². The summed E-state index contributed by atoms with van der Waals surface area (Å²) in [6, 6.07) is 18.9. The van der Waals surface area contributed by atoms with Gasteiger partial charge in [0.2, 0.25) is 5.91 Å².